The van der Waals surface area contributed by atoms with E-state index in [1.807, 2.05) is 6.07 Å². The summed E-state index contributed by atoms with van der Waals surface area (Å²) in [5, 5.41) is 2.77. The molecule has 1 amide bonds. The summed E-state index contributed by atoms with van der Waals surface area (Å²) in [6.07, 6.45) is 0.569. The molecule has 0 atom stereocenters. The van der Waals surface area contributed by atoms with Crippen molar-refractivity contribution >= 4 is 27.5 Å². The first kappa shape index (κ1) is 14.5. The first-order valence-corrected chi connectivity index (χ1v) is 6.93. The molecule has 0 aliphatic rings. The van der Waals surface area contributed by atoms with Gasteiger partial charge in [0.1, 0.15) is 5.82 Å². The van der Waals surface area contributed by atoms with E-state index < -0.39 is 0 Å². The van der Waals surface area contributed by atoms with Gasteiger partial charge in [-0.25, -0.2) is 4.39 Å². The van der Waals surface area contributed by atoms with Gasteiger partial charge >= 0.3 is 0 Å². The molecule has 0 unspecified atom stereocenters. The number of carbonyl (C=O) groups excluding carboxylic acids is 1. The van der Waals surface area contributed by atoms with E-state index in [0.29, 0.717) is 24.2 Å². The molecular weight excluding hydrogens is 323 g/mol. The van der Waals surface area contributed by atoms with Crippen LogP contribution in [0.2, 0.25) is 0 Å². The Hall–Kier alpha value is -1.88. The van der Waals surface area contributed by atoms with Crippen LogP contribution in [0, 0.1) is 5.82 Å². The topological polar surface area (TPSA) is 55.1 Å². The Morgan fingerprint density at radius 2 is 2.05 bits per heavy atom. The molecule has 104 valence electrons. The number of halogens is 2. The molecule has 0 bridgehead atoms. The number of anilines is 1. The second kappa shape index (κ2) is 6.52. The van der Waals surface area contributed by atoms with Crippen molar-refractivity contribution in [2.45, 2.75) is 6.42 Å². The van der Waals surface area contributed by atoms with Gasteiger partial charge in [-0.05, 0) is 42.3 Å². The Morgan fingerprint density at radius 1 is 1.25 bits per heavy atom. The molecule has 20 heavy (non-hydrogen) atoms. The second-order valence-electron chi connectivity index (χ2n) is 4.37. The van der Waals surface area contributed by atoms with E-state index in [1.54, 1.807) is 24.3 Å². The summed E-state index contributed by atoms with van der Waals surface area (Å²) in [5.41, 5.74) is 7.48. The molecule has 0 aliphatic heterocycles. The van der Waals surface area contributed by atoms with Crippen molar-refractivity contribution < 1.29 is 9.18 Å². The molecule has 5 heteroatoms. The molecule has 0 saturated carbocycles. The fraction of sp³-hybridized carbons (Fsp3) is 0.133. The van der Waals surface area contributed by atoms with Gasteiger partial charge in [0.25, 0.3) is 5.91 Å². The largest absolute Gasteiger partial charge is 0.398 e. The van der Waals surface area contributed by atoms with Crippen LogP contribution in [0.1, 0.15) is 15.9 Å². The molecule has 0 spiro atoms. The fourth-order valence-corrected chi connectivity index (χ4v) is 2.23. The van der Waals surface area contributed by atoms with E-state index >= 15 is 0 Å². The summed E-state index contributed by atoms with van der Waals surface area (Å²) in [4.78, 5) is 12.0. The predicted octanol–water partition coefficient (Wildman–Crippen LogP) is 3.14. The molecule has 0 radical (unpaired) electrons. The van der Waals surface area contributed by atoms with Crippen molar-refractivity contribution in [3.63, 3.8) is 0 Å². The van der Waals surface area contributed by atoms with Crippen molar-refractivity contribution in [2.75, 3.05) is 12.3 Å². The standard InChI is InChI=1S/C15H14BrFN2O/c16-11-4-5-13(14(18)9-11)15(20)19-7-6-10-2-1-3-12(17)8-10/h1-5,8-9H,6-7,18H2,(H,19,20). The van der Waals surface area contributed by atoms with Gasteiger partial charge in [0.2, 0.25) is 0 Å². The number of nitrogens with two attached hydrogens (primary N) is 1. The van der Waals surface area contributed by atoms with Gasteiger partial charge in [0.15, 0.2) is 0 Å². The third-order valence-electron chi connectivity index (χ3n) is 2.85. The average molecular weight is 337 g/mol. The summed E-state index contributed by atoms with van der Waals surface area (Å²) < 4.78 is 13.8. The van der Waals surface area contributed by atoms with Crippen LogP contribution in [0.25, 0.3) is 0 Å². The predicted molar refractivity (Wildman–Crippen MR) is 81.0 cm³/mol. The van der Waals surface area contributed by atoms with E-state index in [1.165, 1.54) is 12.1 Å². The van der Waals surface area contributed by atoms with E-state index in [4.69, 9.17) is 5.73 Å². The maximum Gasteiger partial charge on any atom is 0.253 e. The lowest BCUT2D eigenvalue weighted by Crippen LogP contribution is -2.26. The minimum Gasteiger partial charge on any atom is -0.398 e. The smallest absolute Gasteiger partial charge is 0.253 e. The minimum absolute atomic E-state index is 0.230. The lowest BCUT2D eigenvalue weighted by atomic mass is 10.1. The molecule has 0 fully saturated rings. The van der Waals surface area contributed by atoms with Crippen LogP contribution in [0.4, 0.5) is 10.1 Å². The van der Waals surface area contributed by atoms with Gasteiger partial charge in [-0.15, -0.1) is 0 Å². The van der Waals surface area contributed by atoms with E-state index in [-0.39, 0.29) is 11.7 Å². The van der Waals surface area contributed by atoms with Crippen molar-refractivity contribution in [3.8, 4) is 0 Å². The minimum atomic E-state index is -0.272. The number of nitrogens with one attached hydrogen (secondary N) is 1. The number of rotatable bonds is 4. The lowest BCUT2D eigenvalue weighted by Gasteiger charge is -2.08. The van der Waals surface area contributed by atoms with Gasteiger partial charge in [-0.2, -0.15) is 0 Å². The van der Waals surface area contributed by atoms with E-state index in [2.05, 4.69) is 21.2 Å². The zero-order valence-electron chi connectivity index (χ0n) is 10.7. The second-order valence-corrected chi connectivity index (χ2v) is 5.28. The van der Waals surface area contributed by atoms with E-state index in [0.717, 1.165) is 10.0 Å². The third-order valence-corrected chi connectivity index (χ3v) is 3.34. The number of nitrogen functional groups attached to an aromatic ring is 1. The summed E-state index contributed by atoms with van der Waals surface area (Å²) in [6.45, 7) is 0.428. The van der Waals surface area contributed by atoms with Gasteiger partial charge in [-0.1, -0.05) is 28.1 Å². The number of hydrogen-bond acceptors (Lipinski definition) is 2. The molecule has 0 heterocycles. The van der Waals surface area contributed by atoms with Crippen molar-refractivity contribution in [3.05, 3.63) is 63.9 Å². The van der Waals surface area contributed by atoms with Gasteiger partial charge < -0.3 is 11.1 Å². The highest BCUT2D eigenvalue weighted by Gasteiger charge is 2.09. The molecule has 2 aromatic carbocycles. The van der Waals surface area contributed by atoms with Crippen LogP contribution in [0.3, 0.4) is 0 Å². The third kappa shape index (κ3) is 3.81. The van der Waals surface area contributed by atoms with Crippen molar-refractivity contribution in [2.24, 2.45) is 0 Å². The highest BCUT2D eigenvalue weighted by atomic mass is 79.9. The van der Waals surface area contributed by atoms with Crippen LogP contribution in [0.15, 0.2) is 46.9 Å². The normalized spacial score (nSPS) is 10.3. The van der Waals surface area contributed by atoms with E-state index in [9.17, 15) is 9.18 Å². The highest BCUT2D eigenvalue weighted by molar-refractivity contribution is 9.10. The first-order chi connectivity index (χ1) is 9.56. The molecule has 3 nitrogen and oxygen atoms in total. The number of amides is 1. The molecule has 2 aromatic rings. The van der Waals surface area contributed by atoms with Crippen LogP contribution in [-0.4, -0.2) is 12.5 Å². The zero-order chi connectivity index (χ0) is 14.5. The number of carbonyl (C=O) groups is 1. The SMILES string of the molecule is Nc1cc(Br)ccc1C(=O)NCCc1cccc(F)c1. The molecule has 2 rings (SSSR count). The molecular formula is C15H14BrFN2O. The monoisotopic (exact) mass is 336 g/mol. The van der Waals surface area contributed by atoms with Gasteiger partial charge in [0.05, 0.1) is 5.56 Å². The summed E-state index contributed by atoms with van der Waals surface area (Å²) in [6, 6.07) is 11.4. The molecule has 0 aromatic heterocycles. The van der Waals surface area contributed by atoms with Crippen LogP contribution >= 0.6 is 15.9 Å². The Balaban J connectivity index is 1.92. The lowest BCUT2D eigenvalue weighted by molar-refractivity contribution is 0.0955. The van der Waals surface area contributed by atoms with Gasteiger partial charge in [0, 0.05) is 16.7 Å². The quantitative estimate of drug-likeness (QED) is 0.842. The summed E-state index contributed by atoms with van der Waals surface area (Å²) in [5.74, 6) is -0.502. The zero-order valence-corrected chi connectivity index (χ0v) is 12.3. The molecule has 0 aliphatic carbocycles. The Bertz CT molecular complexity index is 631. The van der Waals surface area contributed by atoms with Gasteiger partial charge in [-0.3, -0.25) is 4.79 Å². The Kier molecular flexibility index (Phi) is 4.74. The first-order valence-electron chi connectivity index (χ1n) is 6.14. The summed E-state index contributed by atoms with van der Waals surface area (Å²) in [7, 11) is 0. The number of benzene rings is 2. The van der Waals surface area contributed by atoms with Crippen LogP contribution in [-0.2, 0) is 6.42 Å². The van der Waals surface area contributed by atoms with Crippen LogP contribution < -0.4 is 11.1 Å². The number of hydrogen-bond donors (Lipinski definition) is 2. The Labute approximate surface area is 125 Å². The Morgan fingerprint density at radius 3 is 2.75 bits per heavy atom. The van der Waals surface area contributed by atoms with Crippen molar-refractivity contribution in [1.29, 1.82) is 0 Å². The molecule has 3 N–H and O–H groups in total. The highest BCUT2D eigenvalue weighted by Crippen LogP contribution is 2.18. The maximum absolute atomic E-state index is 13.0. The maximum atomic E-state index is 13.0. The van der Waals surface area contributed by atoms with Crippen LogP contribution in [0.5, 0.6) is 0 Å². The van der Waals surface area contributed by atoms with Crippen molar-refractivity contribution in [1.82, 2.24) is 5.32 Å². The molecule has 0 saturated heterocycles. The fourth-order valence-electron chi connectivity index (χ4n) is 1.85. The average Bonchev–Trinajstić information content (AvgIpc) is 2.38. The summed E-state index contributed by atoms with van der Waals surface area (Å²) >= 11 is 3.29.